The average molecular weight is 294 g/mol. The molecule has 1 atom stereocenters. The van der Waals surface area contributed by atoms with Gasteiger partial charge < -0.3 is 14.5 Å². The first-order valence-corrected chi connectivity index (χ1v) is 7.16. The van der Waals surface area contributed by atoms with Crippen molar-refractivity contribution < 1.29 is 9.15 Å². The first-order valence-electron chi connectivity index (χ1n) is 6.78. The Bertz CT molecular complexity index is 565. The van der Waals surface area contributed by atoms with Crippen LogP contribution >= 0.6 is 11.6 Å². The number of methoxy groups -OCH3 is 1. The SMILES string of the molecule is CCCNC(c1ccc(Cl)c(OC)c1)c1occc1C. The molecule has 1 unspecified atom stereocenters. The molecule has 1 heterocycles. The van der Waals surface area contributed by atoms with Gasteiger partial charge in [-0.15, -0.1) is 0 Å². The summed E-state index contributed by atoms with van der Waals surface area (Å²) < 4.78 is 10.9. The summed E-state index contributed by atoms with van der Waals surface area (Å²) in [5.41, 5.74) is 2.21. The van der Waals surface area contributed by atoms with E-state index in [0.29, 0.717) is 10.8 Å². The molecule has 2 rings (SSSR count). The van der Waals surface area contributed by atoms with Crippen LogP contribution in [0, 0.1) is 6.92 Å². The predicted molar refractivity (Wildman–Crippen MR) is 81.6 cm³/mol. The van der Waals surface area contributed by atoms with Crippen LogP contribution in [0.1, 0.15) is 36.3 Å². The van der Waals surface area contributed by atoms with E-state index < -0.39 is 0 Å². The van der Waals surface area contributed by atoms with Gasteiger partial charge in [0.25, 0.3) is 0 Å². The van der Waals surface area contributed by atoms with Crippen LogP contribution in [-0.2, 0) is 0 Å². The molecule has 0 spiro atoms. The van der Waals surface area contributed by atoms with E-state index in [2.05, 4.69) is 12.2 Å². The number of furan rings is 1. The van der Waals surface area contributed by atoms with E-state index in [1.54, 1.807) is 13.4 Å². The topological polar surface area (TPSA) is 34.4 Å². The van der Waals surface area contributed by atoms with Gasteiger partial charge in [-0.1, -0.05) is 24.6 Å². The van der Waals surface area contributed by atoms with Crippen LogP contribution < -0.4 is 10.1 Å². The van der Waals surface area contributed by atoms with E-state index in [1.807, 2.05) is 31.2 Å². The Balaban J connectivity index is 2.38. The fraction of sp³-hybridized carbons (Fsp3) is 0.375. The van der Waals surface area contributed by atoms with Crippen LogP contribution in [0.5, 0.6) is 5.75 Å². The largest absolute Gasteiger partial charge is 0.495 e. The minimum Gasteiger partial charge on any atom is -0.495 e. The van der Waals surface area contributed by atoms with Crippen molar-refractivity contribution in [2.45, 2.75) is 26.3 Å². The Morgan fingerprint density at radius 1 is 1.35 bits per heavy atom. The molecule has 0 amide bonds. The van der Waals surface area contributed by atoms with Crippen LogP contribution in [0.15, 0.2) is 34.9 Å². The van der Waals surface area contributed by atoms with Crippen LogP contribution in [0.4, 0.5) is 0 Å². The number of rotatable bonds is 6. The number of hydrogen-bond acceptors (Lipinski definition) is 3. The maximum Gasteiger partial charge on any atom is 0.137 e. The normalized spacial score (nSPS) is 12.4. The van der Waals surface area contributed by atoms with E-state index in [4.69, 9.17) is 20.8 Å². The fourth-order valence-corrected chi connectivity index (χ4v) is 2.38. The van der Waals surface area contributed by atoms with Crippen molar-refractivity contribution in [1.29, 1.82) is 0 Å². The Kier molecular flexibility index (Phi) is 5.10. The maximum absolute atomic E-state index is 6.09. The molecule has 1 N–H and O–H groups in total. The summed E-state index contributed by atoms with van der Waals surface area (Å²) in [4.78, 5) is 0. The monoisotopic (exact) mass is 293 g/mol. The second kappa shape index (κ2) is 6.82. The summed E-state index contributed by atoms with van der Waals surface area (Å²) >= 11 is 6.09. The van der Waals surface area contributed by atoms with Gasteiger partial charge in [-0.3, -0.25) is 0 Å². The van der Waals surface area contributed by atoms with E-state index >= 15 is 0 Å². The molecule has 0 aliphatic carbocycles. The molecule has 1 aromatic carbocycles. The summed E-state index contributed by atoms with van der Waals surface area (Å²) in [6.07, 6.45) is 2.78. The minimum absolute atomic E-state index is 0.0103. The number of ether oxygens (including phenoxy) is 1. The molecule has 0 saturated carbocycles. The highest BCUT2D eigenvalue weighted by molar-refractivity contribution is 6.32. The maximum atomic E-state index is 6.09. The zero-order valence-electron chi connectivity index (χ0n) is 12.1. The fourth-order valence-electron chi connectivity index (χ4n) is 2.19. The molecule has 4 heteroatoms. The Labute approximate surface area is 124 Å². The highest BCUT2D eigenvalue weighted by Crippen LogP contribution is 2.31. The number of nitrogens with one attached hydrogen (secondary N) is 1. The number of aryl methyl sites for hydroxylation is 1. The van der Waals surface area contributed by atoms with Crippen LogP contribution in [-0.4, -0.2) is 13.7 Å². The smallest absolute Gasteiger partial charge is 0.137 e. The van der Waals surface area contributed by atoms with Gasteiger partial charge in [0.05, 0.1) is 24.4 Å². The Morgan fingerprint density at radius 3 is 2.75 bits per heavy atom. The highest BCUT2D eigenvalue weighted by atomic mass is 35.5. The van der Waals surface area contributed by atoms with Crippen molar-refractivity contribution in [3.63, 3.8) is 0 Å². The average Bonchev–Trinajstić information content (AvgIpc) is 2.87. The molecule has 2 aromatic rings. The van der Waals surface area contributed by atoms with Crippen LogP contribution in [0.2, 0.25) is 5.02 Å². The highest BCUT2D eigenvalue weighted by Gasteiger charge is 2.19. The Morgan fingerprint density at radius 2 is 2.15 bits per heavy atom. The first kappa shape index (κ1) is 14.9. The second-order valence-electron chi connectivity index (χ2n) is 4.75. The van der Waals surface area contributed by atoms with Gasteiger partial charge in [-0.05, 0) is 49.2 Å². The molecule has 0 aliphatic rings. The van der Waals surface area contributed by atoms with Gasteiger partial charge >= 0.3 is 0 Å². The third-order valence-corrected chi connectivity index (χ3v) is 3.58. The molecule has 0 radical (unpaired) electrons. The van der Waals surface area contributed by atoms with E-state index in [9.17, 15) is 0 Å². The summed E-state index contributed by atoms with van der Waals surface area (Å²) in [5, 5.41) is 4.12. The third-order valence-electron chi connectivity index (χ3n) is 3.27. The summed E-state index contributed by atoms with van der Waals surface area (Å²) in [6, 6.07) is 7.80. The molecule has 3 nitrogen and oxygen atoms in total. The zero-order valence-corrected chi connectivity index (χ0v) is 12.8. The van der Waals surface area contributed by atoms with Crippen molar-refractivity contribution in [3.8, 4) is 5.75 Å². The molecular formula is C16H20ClNO2. The van der Waals surface area contributed by atoms with Crippen molar-refractivity contribution in [3.05, 3.63) is 52.4 Å². The van der Waals surface area contributed by atoms with E-state index in [1.165, 1.54) is 0 Å². The van der Waals surface area contributed by atoms with Crippen molar-refractivity contribution in [2.75, 3.05) is 13.7 Å². The van der Waals surface area contributed by atoms with Gasteiger partial charge in [0.1, 0.15) is 11.5 Å². The van der Waals surface area contributed by atoms with Gasteiger partial charge in [-0.25, -0.2) is 0 Å². The molecular weight excluding hydrogens is 274 g/mol. The van der Waals surface area contributed by atoms with E-state index in [0.717, 1.165) is 29.9 Å². The van der Waals surface area contributed by atoms with Crippen molar-refractivity contribution >= 4 is 11.6 Å². The number of halogens is 1. The van der Waals surface area contributed by atoms with Crippen molar-refractivity contribution in [1.82, 2.24) is 5.32 Å². The first-order chi connectivity index (χ1) is 9.67. The molecule has 0 aliphatic heterocycles. The zero-order chi connectivity index (χ0) is 14.5. The molecule has 0 bridgehead atoms. The second-order valence-corrected chi connectivity index (χ2v) is 5.16. The minimum atomic E-state index is 0.0103. The van der Waals surface area contributed by atoms with Gasteiger partial charge in [0, 0.05) is 0 Å². The number of hydrogen-bond donors (Lipinski definition) is 1. The standard InChI is InChI=1S/C16H20ClNO2/c1-4-8-18-15(16-11(2)7-9-20-16)12-5-6-13(17)14(10-12)19-3/h5-7,9-10,15,18H,4,8H2,1-3H3. The Hall–Kier alpha value is -1.45. The molecule has 0 fully saturated rings. The summed E-state index contributed by atoms with van der Waals surface area (Å²) in [5.74, 6) is 1.61. The number of benzene rings is 1. The third kappa shape index (κ3) is 3.17. The van der Waals surface area contributed by atoms with Gasteiger partial charge in [-0.2, -0.15) is 0 Å². The molecule has 108 valence electrons. The lowest BCUT2D eigenvalue weighted by molar-refractivity contribution is 0.411. The molecule has 1 aromatic heterocycles. The van der Waals surface area contributed by atoms with Crippen LogP contribution in [0.25, 0.3) is 0 Å². The lowest BCUT2D eigenvalue weighted by Gasteiger charge is -2.19. The lowest BCUT2D eigenvalue weighted by Crippen LogP contribution is -2.23. The van der Waals surface area contributed by atoms with Gasteiger partial charge in [0.2, 0.25) is 0 Å². The lowest BCUT2D eigenvalue weighted by atomic mass is 10.0. The van der Waals surface area contributed by atoms with Gasteiger partial charge in [0.15, 0.2) is 0 Å². The summed E-state index contributed by atoms with van der Waals surface area (Å²) in [7, 11) is 1.62. The molecule has 0 saturated heterocycles. The predicted octanol–water partition coefficient (Wildman–Crippen LogP) is 4.34. The van der Waals surface area contributed by atoms with Crippen LogP contribution in [0.3, 0.4) is 0 Å². The summed E-state index contributed by atoms with van der Waals surface area (Å²) in [6.45, 7) is 5.10. The molecule has 20 heavy (non-hydrogen) atoms. The quantitative estimate of drug-likeness (QED) is 0.860. The van der Waals surface area contributed by atoms with Crippen molar-refractivity contribution in [2.24, 2.45) is 0 Å². The van der Waals surface area contributed by atoms with E-state index in [-0.39, 0.29) is 6.04 Å².